The molecule has 9 heteroatoms. The van der Waals surface area contributed by atoms with E-state index in [0.717, 1.165) is 5.56 Å². The van der Waals surface area contributed by atoms with Crippen LogP contribution < -0.4 is 5.32 Å². The van der Waals surface area contributed by atoms with Gasteiger partial charge in [-0.25, -0.2) is 4.39 Å². The van der Waals surface area contributed by atoms with Crippen molar-refractivity contribution in [3.63, 3.8) is 0 Å². The van der Waals surface area contributed by atoms with Crippen LogP contribution in [0.4, 0.5) is 10.1 Å². The fourth-order valence-electron chi connectivity index (χ4n) is 3.35. The summed E-state index contributed by atoms with van der Waals surface area (Å²) in [5.41, 5.74) is 3.44. The smallest absolute Gasteiger partial charge is 0.323 e. The van der Waals surface area contributed by atoms with Crippen LogP contribution in [0, 0.1) is 5.82 Å². The topological polar surface area (TPSA) is 82.5 Å². The number of benzene rings is 2. The van der Waals surface area contributed by atoms with E-state index >= 15 is 0 Å². The maximum atomic E-state index is 13.6. The SMILES string of the molecule is CCOP(=O)(Cc1ccc(NC(=O)/C=C/c2cnn(C)c2-c2cccc(F)c2)cc1)OCC. The van der Waals surface area contributed by atoms with Crippen LogP contribution in [0.25, 0.3) is 17.3 Å². The maximum Gasteiger partial charge on any atom is 0.335 e. The van der Waals surface area contributed by atoms with E-state index in [4.69, 9.17) is 9.05 Å². The zero-order valence-corrected chi connectivity index (χ0v) is 19.7. The van der Waals surface area contributed by atoms with Gasteiger partial charge in [0.1, 0.15) is 5.82 Å². The minimum Gasteiger partial charge on any atom is -0.323 e. The lowest BCUT2D eigenvalue weighted by molar-refractivity contribution is -0.111. The van der Waals surface area contributed by atoms with Gasteiger partial charge in [-0.1, -0.05) is 24.3 Å². The van der Waals surface area contributed by atoms with Crippen LogP contribution >= 0.6 is 7.60 Å². The molecule has 1 N–H and O–H groups in total. The lowest BCUT2D eigenvalue weighted by atomic mass is 10.1. The molecule has 0 fully saturated rings. The number of rotatable bonds is 10. The summed E-state index contributed by atoms with van der Waals surface area (Å²) in [6, 6.07) is 13.2. The molecule has 33 heavy (non-hydrogen) atoms. The maximum absolute atomic E-state index is 13.6. The van der Waals surface area contributed by atoms with Crippen molar-refractivity contribution < 1.29 is 22.8 Å². The molecule has 7 nitrogen and oxygen atoms in total. The van der Waals surface area contributed by atoms with Gasteiger partial charge in [-0.05, 0) is 49.8 Å². The second-order valence-corrected chi connectivity index (χ2v) is 9.26. The molecule has 0 aliphatic heterocycles. The first-order valence-electron chi connectivity index (χ1n) is 10.6. The van der Waals surface area contributed by atoms with Crippen molar-refractivity contribution in [2.45, 2.75) is 20.0 Å². The molecule has 0 aliphatic carbocycles. The summed E-state index contributed by atoms with van der Waals surface area (Å²) in [5.74, 6) is -0.671. The second-order valence-electron chi connectivity index (χ2n) is 7.21. The summed E-state index contributed by atoms with van der Waals surface area (Å²) in [7, 11) is -1.43. The lowest BCUT2D eigenvalue weighted by Crippen LogP contribution is -2.07. The fraction of sp³-hybridized carbons (Fsp3) is 0.250. The average molecular weight is 471 g/mol. The van der Waals surface area contributed by atoms with Gasteiger partial charge in [0.2, 0.25) is 5.91 Å². The lowest BCUT2D eigenvalue weighted by Gasteiger charge is -2.17. The third-order valence-electron chi connectivity index (χ3n) is 4.73. The summed E-state index contributed by atoms with van der Waals surface area (Å²) in [6.45, 7) is 4.14. The third-order valence-corrected chi connectivity index (χ3v) is 6.78. The zero-order valence-electron chi connectivity index (χ0n) is 18.8. The van der Waals surface area contributed by atoms with Gasteiger partial charge in [-0.2, -0.15) is 5.10 Å². The molecule has 0 bridgehead atoms. The minimum atomic E-state index is -3.19. The minimum absolute atomic E-state index is 0.159. The van der Waals surface area contributed by atoms with Crippen molar-refractivity contribution in [1.29, 1.82) is 0 Å². The van der Waals surface area contributed by atoms with Crippen molar-refractivity contribution in [3.05, 3.63) is 77.7 Å². The highest BCUT2D eigenvalue weighted by Gasteiger charge is 2.23. The van der Waals surface area contributed by atoms with Crippen LogP contribution in [-0.4, -0.2) is 28.9 Å². The van der Waals surface area contributed by atoms with Crippen molar-refractivity contribution in [2.24, 2.45) is 7.05 Å². The number of amides is 1. The Morgan fingerprint density at radius 2 is 1.85 bits per heavy atom. The number of hydrogen-bond acceptors (Lipinski definition) is 5. The highest BCUT2D eigenvalue weighted by molar-refractivity contribution is 7.53. The predicted octanol–water partition coefficient (Wildman–Crippen LogP) is 5.64. The Balaban J connectivity index is 1.67. The van der Waals surface area contributed by atoms with Gasteiger partial charge in [0, 0.05) is 29.9 Å². The van der Waals surface area contributed by atoms with Gasteiger partial charge in [0.05, 0.1) is 31.3 Å². The Kier molecular flexibility index (Phi) is 8.33. The molecule has 2 aromatic carbocycles. The number of carbonyl (C=O) groups is 1. The summed E-state index contributed by atoms with van der Waals surface area (Å²) in [6.07, 6.45) is 4.81. The molecule has 0 saturated carbocycles. The normalized spacial score (nSPS) is 11.8. The monoisotopic (exact) mass is 471 g/mol. The highest BCUT2D eigenvalue weighted by atomic mass is 31.2. The van der Waals surface area contributed by atoms with E-state index < -0.39 is 7.60 Å². The third kappa shape index (κ3) is 6.71. The molecule has 0 atom stereocenters. The molecule has 0 unspecified atom stereocenters. The molecule has 0 radical (unpaired) electrons. The molecule has 3 rings (SSSR count). The Morgan fingerprint density at radius 1 is 1.15 bits per heavy atom. The number of aromatic nitrogens is 2. The van der Waals surface area contributed by atoms with E-state index in [1.54, 1.807) is 74.2 Å². The van der Waals surface area contributed by atoms with Crippen LogP contribution in [0.1, 0.15) is 25.0 Å². The van der Waals surface area contributed by atoms with Gasteiger partial charge < -0.3 is 14.4 Å². The van der Waals surface area contributed by atoms with Crippen molar-refractivity contribution in [2.75, 3.05) is 18.5 Å². The van der Waals surface area contributed by atoms with E-state index in [1.807, 2.05) is 0 Å². The van der Waals surface area contributed by atoms with Crippen LogP contribution in [0.2, 0.25) is 0 Å². The van der Waals surface area contributed by atoms with Crippen molar-refractivity contribution in [3.8, 4) is 11.3 Å². The zero-order chi connectivity index (χ0) is 23.8. The fourth-order valence-corrected chi connectivity index (χ4v) is 5.06. The van der Waals surface area contributed by atoms with E-state index in [-0.39, 0.29) is 17.9 Å². The number of nitrogens with zero attached hydrogens (tertiary/aromatic N) is 2. The number of nitrogens with one attached hydrogen (secondary N) is 1. The second kappa shape index (κ2) is 11.2. The first-order valence-corrected chi connectivity index (χ1v) is 12.3. The van der Waals surface area contributed by atoms with E-state index in [2.05, 4.69) is 10.4 Å². The Bertz CT molecular complexity index is 1160. The van der Waals surface area contributed by atoms with Gasteiger partial charge >= 0.3 is 7.60 Å². The van der Waals surface area contributed by atoms with Gasteiger partial charge in [0.15, 0.2) is 0 Å². The number of hydrogen-bond donors (Lipinski definition) is 1. The molecule has 1 aromatic heterocycles. The van der Waals surface area contributed by atoms with Crippen LogP contribution in [-0.2, 0) is 31.6 Å². The first-order chi connectivity index (χ1) is 15.8. The molecular formula is C24H27FN3O4P. The number of anilines is 1. The standard InChI is InChI=1S/C24H27FN3O4P/c1-4-31-33(30,32-5-2)17-18-9-12-22(13-10-18)27-23(29)14-11-20-16-26-28(3)24(20)19-7-6-8-21(25)15-19/h6-16H,4-5,17H2,1-3H3,(H,27,29)/b14-11+. The largest absolute Gasteiger partial charge is 0.335 e. The predicted molar refractivity (Wildman–Crippen MR) is 127 cm³/mol. The number of halogens is 1. The summed E-state index contributed by atoms with van der Waals surface area (Å²) < 4.78 is 38.6. The van der Waals surface area contributed by atoms with E-state index in [0.29, 0.717) is 35.7 Å². The molecule has 0 spiro atoms. The summed E-state index contributed by atoms with van der Waals surface area (Å²) in [4.78, 5) is 12.4. The van der Waals surface area contributed by atoms with Gasteiger partial charge in [0.25, 0.3) is 0 Å². The molecule has 0 aliphatic rings. The number of carbonyl (C=O) groups excluding carboxylic acids is 1. The average Bonchev–Trinajstić information content (AvgIpc) is 3.14. The number of aryl methyl sites for hydroxylation is 1. The van der Waals surface area contributed by atoms with Crippen LogP contribution in [0.3, 0.4) is 0 Å². The molecule has 0 saturated heterocycles. The Labute approximate surface area is 192 Å². The van der Waals surface area contributed by atoms with Gasteiger partial charge in [-0.3, -0.25) is 14.0 Å². The first kappa shape index (κ1) is 24.6. The van der Waals surface area contributed by atoms with E-state index in [1.165, 1.54) is 18.2 Å². The highest BCUT2D eigenvalue weighted by Crippen LogP contribution is 2.51. The molecule has 1 heterocycles. The van der Waals surface area contributed by atoms with Crippen molar-refractivity contribution >= 4 is 25.3 Å². The molecule has 1 amide bonds. The Morgan fingerprint density at radius 3 is 2.48 bits per heavy atom. The molecular weight excluding hydrogens is 444 g/mol. The molecule has 3 aromatic rings. The van der Waals surface area contributed by atoms with Gasteiger partial charge in [-0.15, -0.1) is 0 Å². The quantitative estimate of drug-likeness (QED) is 0.306. The van der Waals surface area contributed by atoms with Crippen LogP contribution in [0.15, 0.2) is 60.8 Å². The molecule has 174 valence electrons. The van der Waals surface area contributed by atoms with E-state index in [9.17, 15) is 13.8 Å². The van der Waals surface area contributed by atoms with Crippen LogP contribution in [0.5, 0.6) is 0 Å². The summed E-state index contributed by atoms with van der Waals surface area (Å²) in [5, 5.41) is 7.00. The summed E-state index contributed by atoms with van der Waals surface area (Å²) >= 11 is 0. The van der Waals surface area contributed by atoms with Crippen molar-refractivity contribution in [1.82, 2.24) is 9.78 Å². The Hall–Kier alpha value is -3.06.